The number of hydrogen-bond acceptors (Lipinski definition) is 3. The highest BCUT2D eigenvalue weighted by molar-refractivity contribution is 6.24. The van der Waals surface area contributed by atoms with E-state index in [1.807, 2.05) is 0 Å². The van der Waals surface area contributed by atoms with Crippen LogP contribution in [0.3, 0.4) is 0 Å². The molecule has 0 aromatic heterocycles. The molecule has 5 rings (SSSR count). The van der Waals surface area contributed by atoms with E-state index < -0.39 is 5.41 Å². The van der Waals surface area contributed by atoms with E-state index in [4.69, 9.17) is 16.3 Å². The van der Waals surface area contributed by atoms with E-state index in [1.54, 1.807) is 0 Å². The van der Waals surface area contributed by atoms with E-state index >= 15 is 0 Å². The fraction of sp³-hybridized carbons (Fsp3) is 0.905. The van der Waals surface area contributed by atoms with Crippen LogP contribution in [0.25, 0.3) is 0 Å². The maximum Gasteiger partial charge on any atom is 0.312 e. The van der Waals surface area contributed by atoms with Gasteiger partial charge >= 0.3 is 5.97 Å². The number of carbonyl (C=O) groups is 2. The molecule has 5 aliphatic rings. The first-order valence-electron chi connectivity index (χ1n) is 10.4. The molecule has 5 aliphatic carbocycles. The third kappa shape index (κ3) is 3.39. The van der Waals surface area contributed by atoms with Gasteiger partial charge in [0.25, 0.3) is 5.91 Å². The molecule has 146 valence electrons. The van der Waals surface area contributed by atoms with Gasteiger partial charge in [-0.2, -0.15) is 0 Å². The Balaban J connectivity index is 1.32. The second kappa shape index (κ2) is 6.68. The molecule has 4 bridgehead atoms. The van der Waals surface area contributed by atoms with Crippen LogP contribution in [0.4, 0.5) is 0 Å². The Bertz CT molecular complexity index is 578. The molecule has 5 heteroatoms. The summed E-state index contributed by atoms with van der Waals surface area (Å²) in [6.45, 7) is 4.30. The molecule has 0 spiro atoms. The van der Waals surface area contributed by atoms with Crippen LogP contribution >= 0.6 is 11.6 Å². The van der Waals surface area contributed by atoms with Crippen LogP contribution in [0.15, 0.2) is 0 Å². The van der Waals surface area contributed by atoms with Gasteiger partial charge in [-0.15, -0.1) is 11.6 Å². The summed E-state index contributed by atoms with van der Waals surface area (Å²) in [6, 6.07) is 0.204. The van der Waals surface area contributed by atoms with Crippen molar-refractivity contribution in [3.05, 3.63) is 0 Å². The summed E-state index contributed by atoms with van der Waals surface area (Å²) in [7, 11) is 0. The maximum absolute atomic E-state index is 12.9. The van der Waals surface area contributed by atoms with E-state index in [0.717, 1.165) is 44.9 Å². The molecular formula is C21H32ClNO3. The normalized spacial score (nSPS) is 46.8. The predicted octanol–water partition coefficient (Wildman–Crippen LogP) is 4.05. The smallest absolute Gasteiger partial charge is 0.312 e. The van der Waals surface area contributed by atoms with Crippen LogP contribution in [0.5, 0.6) is 0 Å². The third-order valence-electron chi connectivity index (χ3n) is 7.81. The van der Waals surface area contributed by atoms with Gasteiger partial charge in [0, 0.05) is 10.9 Å². The lowest BCUT2D eigenvalue weighted by Gasteiger charge is -2.58. The van der Waals surface area contributed by atoms with Crippen LogP contribution in [0.1, 0.15) is 71.6 Å². The van der Waals surface area contributed by atoms with Crippen molar-refractivity contribution in [2.75, 3.05) is 6.61 Å². The van der Waals surface area contributed by atoms with Gasteiger partial charge in [0.05, 0.1) is 5.41 Å². The highest BCUT2D eigenvalue weighted by Crippen LogP contribution is 2.64. The number of carbonyl (C=O) groups excluding carboxylic acids is 2. The second-order valence-electron chi connectivity index (χ2n) is 9.91. The molecule has 4 nitrogen and oxygen atoms in total. The van der Waals surface area contributed by atoms with Gasteiger partial charge in [-0.25, -0.2) is 0 Å². The number of esters is 1. The van der Waals surface area contributed by atoms with E-state index in [2.05, 4.69) is 19.2 Å². The van der Waals surface area contributed by atoms with Gasteiger partial charge in [0.1, 0.15) is 0 Å². The second-order valence-corrected chi connectivity index (χ2v) is 10.7. The summed E-state index contributed by atoms with van der Waals surface area (Å²) in [4.78, 5) is 25.0. The summed E-state index contributed by atoms with van der Waals surface area (Å²) in [6.07, 6.45) is 9.22. The molecule has 0 aliphatic heterocycles. The molecular weight excluding hydrogens is 350 g/mol. The van der Waals surface area contributed by atoms with Crippen LogP contribution in [0.2, 0.25) is 0 Å². The van der Waals surface area contributed by atoms with E-state index in [-0.39, 0.29) is 29.4 Å². The Kier molecular flexibility index (Phi) is 4.78. The zero-order valence-electron chi connectivity index (χ0n) is 16.1. The van der Waals surface area contributed by atoms with Crippen LogP contribution < -0.4 is 5.32 Å². The Morgan fingerprint density at radius 1 is 1.12 bits per heavy atom. The molecule has 0 radical (unpaired) electrons. The fourth-order valence-corrected chi connectivity index (χ4v) is 7.40. The first-order chi connectivity index (χ1) is 12.3. The van der Waals surface area contributed by atoms with Crippen molar-refractivity contribution in [1.29, 1.82) is 0 Å². The van der Waals surface area contributed by atoms with Crippen molar-refractivity contribution < 1.29 is 14.3 Å². The summed E-state index contributed by atoms with van der Waals surface area (Å²) < 4.78 is 5.53. The van der Waals surface area contributed by atoms with Crippen molar-refractivity contribution >= 4 is 23.5 Å². The van der Waals surface area contributed by atoms with E-state index in [1.165, 1.54) is 12.8 Å². The third-order valence-corrected chi connectivity index (χ3v) is 8.25. The van der Waals surface area contributed by atoms with Gasteiger partial charge < -0.3 is 10.1 Å². The minimum atomic E-state index is -0.432. The maximum atomic E-state index is 12.9. The fourth-order valence-electron chi connectivity index (χ4n) is 6.71. The summed E-state index contributed by atoms with van der Waals surface area (Å²) in [5.74, 6) is 1.87. The Morgan fingerprint density at radius 3 is 2.46 bits per heavy atom. The predicted molar refractivity (Wildman–Crippen MR) is 101 cm³/mol. The summed E-state index contributed by atoms with van der Waals surface area (Å²) >= 11 is 6.80. The zero-order valence-corrected chi connectivity index (χ0v) is 16.8. The van der Waals surface area contributed by atoms with Gasteiger partial charge in [-0.05, 0) is 68.6 Å². The lowest BCUT2D eigenvalue weighted by Crippen LogP contribution is -2.56. The molecule has 0 aromatic carbocycles. The van der Waals surface area contributed by atoms with Gasteiger partial charge in [0.15, 0.2) is 6.61 Å². The molecule has 1 amide bonds. The zero-order chi connectivity index (χ0) is 18.5. The molecule has 1 N–H and O–H groups in total. The molecule has 26 heavy (non-hydrogen) atoms. The van der Waals surface area contributed by atoms with E-state index in [9.17, 15) is 9.59 Å². The van der Waals surface area contributed by atoms with Crippen LogP contribution in [-0.4, -0.2) is 29.4 Å². The van der Waals surface area contributed by atoms with Gasteiger partial charge in [-0.1, -0.05) is 26.7 Å². The lowest BCUT2D eigenvalue weighted by molar-refractivity contribution is -0.172. The number of alkyl halides is 1. The Morgan fingerprint density at radius 2 is 1.81 bits per heavy atom. The topological polar surface area (TPSA) is 55.4 Å². The molecule has 0 heterocycles. The SMILES string of the molecule is C[C@@H]1[C@@H](C)CCC[C@H]1NC(=O)COC(=O)C12C[C@@H]3C[C@@H](CC(Cl)(C3)C1)C2. The van der Waals surface area contributed by atoms with Crippen molar-refractivity contribution in [2.24, 2.45) is 29.1 Å². The van der Waals surface area contributed by atoms with Gasteiger partial charge in [0.2, 0.25) is 0 Å². The van der Waals surface area contributed by atoms with Crippen LogP contribution in [0, 0.1) is 29.1 Å². The highest BCUT2D eigenvalue weighted by Gasteiger charge is 2.60. The lowest BCUT2D eigenvalue weighted by atomic mass is 9.49. The summed E-state index contributed by atoms with van der Waals surface area (Å²) in [5, 5.41) is 3.09. The highest BCUT2D eigenvalue weighted by atomic mass is 35.5. The molecule has 0 aromatic rings. The Hall–Kier alpha value is -0.770. The Labute approximate surface area is 161 Å². The first kappa shape index (κ1) is 18.6. The molecule has 0 saturated heterocycles. The van der Waals surface area contributed by atoms with Crippen molar-refractivity contribution in [3.63, 3.8) is 0 Å². The molecule has 5 fully saturated rings. The van der Waals surface area contributed by atoms with Crippen molar-refractivity contribution in [3.8, 4) is 0 Å². The number of halogens is 1. The molecule has 7 atom stereocenters. The number of amides is 1. The first-order valence-corrected chi connectivity index (χ1v) is 10.8. The molecule has 5 saturated carbocycles. The monoisotopic (exact) mass is 381 g/mol. The van der Waals surface area contributed by atoms with E-state index in [0.29, 0.717) is 23.7 Å². The van der Waals surface area contributed by atoms with Crippen molar-refractivity contribution in [1.82, 2.24) is 5.32 Å². The van der Waals surface area contributed by atoms with Gasteiger partial charge in [-0.3, -0.25) is 9.59 Å². The average molecular weight is 382 g/mol. The minimum Gasteiger partial charge on any atom is -0.455 e. The standard InChI is InChI=1S/C21H32ClNO3/c1-13-4-3-5-17(14(13)2)23-18(24)11-26-19(25)20-7-15-6-16(8-20)10-21(22,9-15)12-20/h13-17H,3-12H2,1-2H3,(H,23,24)/t13-,14+,15-,16+,17+,20?,21?/m0/s1. The average Bonchev–Trinajstić information content (AvgIpc) is 2.54. The largest absolute Gasteiger partial charge is 0.455 e. The number of nitrogens with one attached hydrogen (secondary N) is 1. The quantitative estimate of drug-likeness (QED) is 0.590. The number of hydrogen-bond donors (Lipinski definition) is 1. The number of ether oxygens (including phenoxy) is 1. The van der Waals surface area contributed by atoms with Crippen LogP contribution in [-0.2, 0) is 14.3 Å². The summed E-state index contributed by atoms with van der Waals surface area (Å²) in [5.41, 5.74) is -0.432. The molecule has 2 unspecified atom stereocenters. The number of rotatable bonds is 4. The van der Waals surface area contributed by atoms with Crippen molar-refractivity contribution in [2.45, 2.75) is 82.6 Å². The minimum absolute atomic E-state index is 0.150.